The molecule has 3 rings (SSSR count). The highest BCUT2D eigenvalue weighted by Gasteiger charge is 2.22. The SMILES string of the molecule is COC(=O)C#Cc1cncc2cc(C=C3SC(=S)NC3=O)oc12. The summed E-state index contributed by atoms with van der Waals surface area (Å²) in [6.07, 6.45) is 4.69. The van der Waals surface area contributed by atoms with Crippen LogP contribution in [-0.2, 0) is 14.3 Å². The Morgan fingerprint density at radius 3 is 3.04 bits per heavy atom. The van der Waals surface area contributed by atoms with Gasteiger partial charge in [-0.3, -0.25) is 9.78 Å². The van der Waals surface area contributed by atoms with E-state index in [-0.39, 0.29) is 5.91 Å². The van der Waals surface area contributed by atoms with Crippen molar-refractivity contribution >= 4 is 57.2 Å². The van der Waals surface area contributed by atoms with Crippen molar-refractivity contribution in [1.82, 2.24) is 10.3 Å². The van der Waals surface area contributed by atoms with Crippen LogP contribution in [0.1, 0.15) is 11.3 Å². The second kappa shape index (κ2) is 6.24. The van der Waals surface area contributed by atoms with Crippen molar-refractivity contribution in [2.24, 2.45) is 0 Å². The van der Waals surface area contributed by atoms with E-state index in [1.54, 1.807) is 18.3 Å². The number of carbonyl (C=O) groups is 2. The van der Waals surface area contributed by atoms with Crippen LogP contribution in [0.5, 0.6) is 0 Å². The number of furan rings is 1. The van der Waals surface area contributed by atoms with Gasteiger partial charge in [0, 0.05) is 29.8 Å². The predicted octanol–water partition coefficient (Wildman–Crippen LogP) is 1.84. The number of thiocarbonyl (C=S) groups is 1. The quantitative estimate of drug-likeness (QED) is 0.366. The van der Waals surface area contributed by atoms with Gasteiger partial charge in [0.1, 0.15) is 10.1 Å². The Morgan fingerprint density at radius 1 is 1.52 bits per heavy atom. The van der Waals surface area contributed by atoms with Gasteiger partial charge in [-0.05, 0) is 12.0 Å². The van der Waals surface area contributed by atoms with Crippen LogP contribution in [-0.4, -0.2) is 28.3 Å². The first-order valence-electron chi connectivity index (χ1n) is 6.29. The summed E-state index contributed by atoms with van der Waals surface area (Å²) in [5, 5.41) is 3.24. The fraction of sp³-hybridized carbons (Fsp3) is 0.0667. The Bertz CT molecular complexity index is 934. The van der Waals surface area contributed by atoms with Crippen molar-refractivity contribution in [3.63, 3.8) is 0 Å². The van der Waals surface area contributed by atoms with Gasteiger partial charge in [0.05, 0.1) is 17.6 Å². The molecule has 3 heterocycles. The number of hydrogen-bond acceptors (Lipinski definition) is 7. The highest BCUT2D eigenvalue weighted by molar-refractivity contribution is 8.26. The predicted molar refractivity (Wildman–Crippen MR) is 89.2 cm³/mol. The number of nitrogens with one attached hydrogen (secondary N) is 1. The van der Waals surface area contributed by atoms with E-state index in [1.165, 1.54) is 25.1 Å². The van der Waals surface area contributed by atoms with Crippen molar-refractivity contribution in [1.29, 1.82) is 0 Å². The van der Waals surface area contributed by atoms with Gasteiger partial charge in [0.25, 0.3) is 5.91 Å². The molecule has 0 atom stereocenters. The molecule has 23 heavy (non-hydrogen) atoms. The van der Waals surface area contributed by atoms with Gasteiger partial charge < -0.3 is 14.5 Å². The first kappa shape index (κ1) is 15.3. The number of aromatic nitrogens is 1. The third kappa shape index (κ3) is 3.26. The fourth-order valence-corrected chi connectivity index (χ4v) is 2.89. The first-order chi connectivity index (χ1) is 11.1. The molecule has 1 amide bonds. The summed E-state index contributed by atoms with van der Waals surface area (Å²) in [5.41, 5.74) is 0.936. The Balaban J connectivity index is 2.01. The summed E-state index contributed by atoms with van der Waals surface area (Å²) in [7, 11) is 1.25. The van der Waals surface area contributed by atoms with Crippen LogP contribution in [0.25, 0.3) is 17.0 Å². The number of fused-ring (bicyclic) bond motifs is 1. The minimum Gasteiger partial charge on any atom is -0.459 e. The maximum Gasteiger partial charge on any atom is 0.384 e. The average Bonchev–Trinajstić information content (AvgIpc) is 3.07. The van der Waals surface area contributed by atoms with Crippen LogP contribution in [0.4, 0.5) is 0 Å². The van der Waals surface area contributed by atoms with E-state index in [9.17, 15) is 9.59 Å². The minimum absolute atomic E-state index is 0.260. The van der Waals surface area contributed by atoms with Crippen LogP contribution in [0, 0.1) is 11.8 Å². The van der Waals surface area contributed by atoms with Gasteiger partial charge in [-0.1, -0.05) is 24.0 Å². The summed E-state index contributed by atoms with van der Waals surface area (Å²) < 4.78 is 10.6. The van der Waals surface area contributed by atoms with Gasteiger partial charge in [-0.25, -0.2) is 4.79 Å². The molecular weight excluding hydrogens is 336 g/mol. The molecule has 0 saturated carbocycles. The molecule has 0 bridgehead atoms. The van der Waals surface area contributed by atoms with Crippen LogP contribution < -0.4 is 5.32 Å². The van der Waals surface area contributed by atoms with Gasteiger partial charge in [-0.15, -0.1) is 0 Å². The van der Waals surface area contributed by atoms with Gasteiger partial charge in [0.2, 0.25) is 0 Å². The summed E-state index contributed by atoms with van der Waals surface area (Å²) in [6.45, 7) is 0. The van der Waals surface area contributed by atoms with Crippen molar-refractivity contribution in [2.45, 2.75) is 0 Å². The number of esters is 1. The fourth-order valence-electron chi connectivity index (χ4n) is 1.86. The smallest absolute Gasteiger partial charge is 0.384 e. The molecule has 0 radical (unpaired) electrons. The maximum atomic E-state index is 11.7. The Labute approximate surface area is 140 Å². The van der Waals surface area contributed by atoms with E-state index in [1.807, 2.05) is 0 Å². The zero-order valence-corrected chi connectivity index (χ0v) is 13.3. The van der Waals surface area contributed by atoms with Crippen molar-refractivity contribution in [2.75, 3.05) is 7.11 Å². The highest BCUT2D eigenvalue weighted by Crippen LogP contribution is 2.29. The normalized spacial score (nSPS) is 15.4. The molecule has 0 spiro atoms. The number of ether oxygens (including phenoxy) is 1. The molecule has 1 aliphatic heterocycles. The average molecular weight is 344 g/mol. The largest absolute Gasteiger partial charge is 0.459 e. The van der Waals surface area contributed by atoms with E-state index < -0.39 is 5.97 Å². The molecule has 0 unspecified atom stereocenters. The van der Waals surface area contributed by atoms with Gasteiger partial charge >= 0.3 is 5.97 Å². The van der Waals surface area contributed by atoms with Gasteiger partial charge in [-0.2, -0.15) is 0 Å². The summed E-state index contributed by atoms with van der Waals surface area (Å²) in [6, 6.07) is 1.73. The second-order valence-electron chi connectivity index (χ2n) is 4.35. The van der Waals surface area contributed by atoms with Crippen LogP contribution in [0.3, 0.4) is 0 Å². The molecule has 0 aromatic carbocycles. The van der Waals surface area contributed by atoms with Crippen LogP contribution in [0.2, 0.25) is 0 Å². The molecule has 2 aromatic rings. The molecule has 1 fully saturated rings. The zero-order valence-electron chi connectivity index (χ0n) is 11.7. The number of carbonyl (C=O) groups excluding carboxylic acids is 2. The minimum atomic E-state index is -0.650. The number of methoxy groups -OCH3 is 1. The Kier molecular flexibility index (Phi) is 4.14. The number of hydrogen-bond donors (Lipinski definition) is 1. The molecule has 6 nitrogen and oxygen atoms in total. The highest BCUT2D eigenvalue weighted by atomic mass is 32.2. The summed E-state index contributed by atoms with van der Waals surface area (Å²) in [5.74, 6) is 4.54. The van der Waals surface area contributed by atoms with Crippen LogP contribution >= 0.6 is 24.0 Å². The van der Waals surface area contributed by atoms with E-state index >= 15 is 0 Å². The number of nitrogens with zero attached hydrogens (tertiary/aromatic N) is 1. The summed E-state index contributed by atoms with van der Waals surface area (Å²) >= 11 is 6.10. The lowest BCUT2D eigenvalue weighted by molar-refractivity contribution is -0.133. The number of pyridine rings is 1. The third-order valence-corrected chi connectivity index (χ3v) is 4.00. The van der Waals surface area contributed by atoms with E-state index in [4.69, 9.17) is 16.6 Å². The topological polar surface area (TPSA) is 81.4 Å². The van der Waals surface area contributed by atoms with E-state index in [0.717, 1.165) is 0 Å². The van der Waals surface area contributed by atoms with Crippen molar-refractivity contribution in [3.8, 4) is 11.8 Å². The van der Waals surface area contributed by atoms with Crippen molar-refractivity contribution < 1.29 is 18.7 Å². The molecule has 8 heteroatoms. The lowest BCUT2D eigenvalue weighted by Gasteiger charge is -1.92. The standard InChI is InChI=1S/C15H8N2O4S2/c1-20-12(18)3-2-8-6-16-7-9-4-10(21-13(8)9)5-11-14(19)17-15(22)23-11/h4-7H,1H3,(H,17,19,22). The van der Waals surface area contributed by atoms with E-state index in [0.29, 0.717) is 31.5 Å². The molecule has 1 aliphatic rings. The lowest BCUT2D eigenvalue weighted by Crippen LogP contribution is -2.17. The zero-order chi connectivity index (χ0) is 16.4. The number of rotatable bonds is 1. The maximum absolute atomic E-state index is 11.7. The molecule has 1 saturated heterocycles. The Hall–Kier alpha value is -2.63. The molecule has 0 aliphatic carbocycles. The molecule has 2 aromatic heterocycles. The molecule has 114 valence electrons. The molecular formula is C15H8N2O4S2. The number of amides is 1. The summed E-state index contributed by atoms with van der Waals surface area (Å²) in [4.78, 5) is 27.3. The first-order valence-corrected chi connectivity index (χ1v) is 7.51. The van der Waals surface area contributed by atoms with Crippen LogP contribution in [0.15, 0.2) is 27.8 Å². The monoisotopic (exact) mass is 344 g/mol. The molecule has 1 N–H and O–H groups in total. The number of thioether (sulfide) groups is 1. The van der Waals surface area contributed by atoms with Crippen molar-refractivity contribution in [3.05, 3.63) is 34.7 Å². The Morgan fingerprint density at radius 2 is 2.35 bits per heavy atom. The second-order valence-corrected chi connectivity index (χ2v) is 6.07. The lowest BCUT2D eigenvalue weighted by atomic mass is 10.2. The van der Waals surface area contributed by atoms with Gasteiger partial charge in [0.15, 0.2) is 5.58 Å². The van der Waals surface area contributed by atoms with E-state index in [2.05, 4.69) is 26.9 Å². The third-order valence-electron chi connectivity index (χ3n) is 2.84.